The molecule has 3 rings (SSSR count). The highest BCUT2D eigenvalue weighted by molar-refractivity contribution is 6.23. The molecule has 1 fully saturated rings. The van der Waals surface area contributed by atoms with E-state index in [1.165, 1.54) is 0 Å². The molecule has 6 nitrogen and oxygen atoms in total. The molecule has 2 aliphatic rings. The van der Waals surface area contributed by atoms with Gasteiger partial charge in [0, 0.05) is 17.7 Å². The minimum atomic E-state index is -0.292. The number of carbonyl (C=O) groups is 1. The summed E-state index contributed by atoms with van der Waals surface area (Å²) in [6, 6.07) is 1.84. The van der Waals surface area contributed by atoms with Crippen LogP contribution < -0.4 is 10.6 Å². The summed E-state index contributed by atoms with van der Waals surface area (Å²) in [7, 11) is 0. The Morgan fingerprint density at radius 2 is 2.20 bits per heavy atom. The lowest BCUT2D eigenvalue weighted by molar-refractivity contribution is 0.0388. The smallest absolute Gasteiger partial charge is 0.273 e. The van der Waals surface area contributed by atoms with Gasteiger partial charge in [-0.3, -0.25) is 4.79 Å². The van der Waals surface area contributed by atoms with Crippen molar-refractivity contribution in [1.29, 1.82) is 0 Å². The number of amides is 1. The molecule has 7 heteroatoms. The standard InChI is InChI=1S/C18H24ClN3O3/c1-11(2)24-16-4-3-12(9-14(16)19)17-10-15(22-25-17)18(23)21-13-5-7-20-8-6-13/h3-4,9-11,13-14,16,20H,5-8H2,1-2H3,(H,21,23). The predicted octanol–water partition coefficient (Wildman–Crippen LogP) is 2.51. The fraction of sp³-hybridized carbons (Fsp3) is 0.556. The number of allylic oxidation sites excluding steroid dienone is 2. The number of hydrogen-bond acceptors (Lipinski definition) is 5. The Bertz CT molecular complexity index is 662. The van der Waals surface area contributed by atoms with Crippen LogP contribution in [0.4, 0.5) is 0 Å². The van der Waals surface area contributed by atoms with Gasteiger partial charge in [0.2, 0.25) is 0 Å². The zero-order valence-electron chi connectivity index (χ0n) is 14.5. The van der Waals surface area contributed by atoms with E-state index in [-0.39, 0.29) is 35.2 Å². The summed E-state index contributed by atoms with van der Waals surface area (Å²) < 4.78 is 11.1. The van der Waals surface area contributed by atoms with Gasteiger partial charge in [0.1, 0.15) is 0 Å². The van der Waals surface area contributed by atoms with Crippen molar-refractivity contribution in [3.8, 4) is 0 Å². The second-order valence-corrected chi connectivity index (χ2v) is 7.15. The van der Waals surface area contributed by atoms with E-state index in [1.54, 1.807) is 6.07 Å². The maximum Gasteiger partial charge on any atom is 0.273 e. The molecule has 1 aliphatic carbocycles. The molecule has 1 aromatic heterocycles. The highest BCUT2D eigenvalue weighted by atomic mass is 35.5. The topological polar surface area (TPSA) is 76.4 Å². The highest BCUT2D eigenvalue weighted by Crippen LogP contribution is 2.27. The third-order valence-corrected chi connectivity index (χ3v) is 4.62. The summed E-state index contributed by atoms with van der Waals surface area (Å²) in [5, 5.41) is 9.88. The zero-order chi connectivity index (χ0) is 17.8. The second-order valence-electron chi connectivity index (χ2n) is 6.65. The number of nitrogens with zero attached hydrogens (tertiary/aromatic N) is 1. The molecular formula is C18H24ClN3O3. The van der Waals surface area contributed by atoms with Crippen LogP contribution in [0.1, 0.15) is 42.9 Å². The summed E-state index contributed by atoms with van der Waals surface area (Å²) >= 11 is 6.37. The normalized spacial score (nSPS) is 24.4. The number of aromatic nitrogens is 1. The number of carbonyl (C=O) groups excluding carboxylic acids is 1. The van der Waals surface area contributed by atoms with Crippen molar-refractivity contribution in [3.05, 3.63) is 35.7 Å². The summed E-state index contributed by atoms with van der Waals surface area (Å²) in [6.07, 6.45) is 7.44. The van der Waals surface area contributed by atoms with Crippen LogP contribution >= 0.6 is 11.6 Å². The molecule has 0 bridgehead atoms. The first kappa shape index (κ1) is 18.2. The number of ether oxygens (including phenoxy) is 1. The molecule has 1 amide bonds. The van der Waals surface area contributed by atoms with Crippen LogP contribution in [-0.4, -0.2) is 47.8 Å². The molecule has 136 valence electrons. The molecule has 25 heavy (non-hydrogen) atoms. The summed E-state index contributed by atoms with van der Waals surface area (Å²) in [5.41, 5.74) is 1.09. The van der Waals surface area contributed by atoms with E-state index in [1.807, 2.05) is 32.1 Å². The van der Waals surface area contributed by atoms with Gasteiger partial charge in [-0.1, -0.05) is 23.4 Å². The van der Waals surface area contributed by atoms with E-state index in [2.05, 4.69) is 15.8 Å². The van der Waals surface area contributed by atoms with Gasteiger partial charge in [-0.15, -0.1) is 11.6 Å². The number of nitrogens with one attached hydrogen (secondary N) is 2. The second kappa shape index (κ2) is 8.17. The average molecular weight is 366 g/mol. The Hall–Kier alpha value is -1.63. The van der Waals surface area contributed by atoms with Crippen molar-refractivity contribution in [2.24, 2.45) is 0 Å². The lowest BCUT2D eigenvalue weighted by Crippen LogP contribution is -2.42. The van der Waals surface area contributed by atoms with Gasteiger partial charge in [0.15, 0.2) is 11.5 Å². The SMILES string of the molecule is CC(C)OC1C=CC(c2cc(C(=O)NC3CCNCC3)no2)=CC1Cl. The first-order valence-electron chi connectivity index (χ1n) is 8.71. The molecular weight excluding hydrogens is 342 g/mol. The number of piperidine rings is 1. The fourth-order valence-electron chi connectivity index (χ4n) is 2.97. The van der Waals surface area contributed by atoms with E-state index in [4.69, 9.17) is 20.9 Å². The maximum atomic E-state index is 12.3. The Kier molecular flexibility index (Phi) is 5.93. The molecule has 2 heterocycles. The molecule has 0 aromatic carbocycles. The largest absolute Gasteiger partial charge is 0.370 e. The van der Waals surface area contributed by atoms with Crippen molar-refractivity contribution < 1.29 is 14.1 Å². The average Bonchev–Trinajstić information content (AvgIpc) is 3.07. The first-order valence-corrected chi connectivity index (χ1v) is 9.15. The molecule has 0 radical (unpaired) electrons. The Morgan fingerprint density at radius 1 is 1.44 bits per heavy atom. The van der Waals surface area contributed by atoms with E-state index >= 15 is 0 Å². The summed E-state index contributed by atoms with van der Waals surface area (Å²) in [4.78, 5) is 12.3. The molecule has 2 atom stereocenters. The Balaban J connectivity index is 1.63. The van der Waals surface area contributed by atoms with Crippen LogP contribution in [0.15, 0.2) is 28.8 Å². The lowest BCUT2D eigenvalue weighted by Gasteiger charge is -2.23. The number of alkyl halides is 1. The molecule has 0 spiro atoms. The van der Waals surface area contributed by atoms with Gasteiger partial charge < -0.3 is 19.9 Å². The molecule has 1 saturated heterocycles. The summed E-state index contributed by atoms with van der Waals surface area (Å²) in [6.45, 7) is 5.79. The zero-order valence-corrected chi connectivity index (χ0v) is 15.3. The van der Waals surface area contributed by atoms with Gasteiger partial charge in [-0.05, 0) is 39.8 Å². The Morgan fingerprint density at radius 3 is 2.88 bits per heavy atom. The number of halogens is 1. The fourth-order valence-corrected chi connectivity index (χ4v) is 3.25. The Labute approximate surface area is 152 Å². The van der Waals surface area contributed by atoms with E-state index in [9.17, 15) is 4.79 Å². The molecule has 2 unspecified atom stereocenters. The van der Waals surface area contributed by atoms with Crippen LogP contribution in [0, 0.1) is 0 Å². The molecule has 1 aliphatic heterocycles. The van der Waals surface area contributed by atoms with Crippen molar-refractivity contribution in [3.63, 3.8) is 0 Å². The van der Waals surface area contributed by atoms with Crippen LogP contribution in [-0.2, 0) is 4.74 Å². The monoisotopic (exact) mass is 365 g/mol. The number of rotatable bonds is 5. The van der Waals surface area contributed by atoms with Gasteiger partial charge in [0.05, 0.1) is 17.6 Å². The summed E-state index contributed by atoms with van der Waals surface area (Å²) in [5.74, 6) is 0.325. The predicted molar refractivity (Wildman–Crippen MR) is 96.6 cm³/mol. The van der Waals surface area contributed by atoms with Crippen molar-refractivity contribution in [1.82, 2.24) is 15.8 Å². The first-order chi connectivity index (χ1) is 12.0. The van der Waals surface area contributed by atoms with E-state index in [0.29, 0.717) is 5.76 Å². The molecule has 0 saturated carbocycles. The van der Waals surface area contributed by atoms with Gasteiger partial charge in [0.25, 0.3) is 5.91 Å². The minimum absolute atomic E-state index is 0.0985. The van der Waals surface area contributed by atoms with Crippen LogP contribution in [0.5, 0.6) is 0 Å². The van der Waals surface area contributed by atoms with Crippen molar-refractivity contribution in [2.75, 3.05) is 13.1 Å². The van der Waals surface area contributed by atoms with E-state index in [0.717, 1.165) is 31.5 Å². The van der Waals surface area contributed by atoms with Gasteiger partial charge >= 0.3 is 0 Å². The van der Waals surface area contributed by atoms with Crippen LogP contribution in [0.3, 0.4) is 0 Å². The van der Waals surface area contributed by atoms with Crippen LogP contribution in [0.25, 0.3) is 5.57 Å². The van der Waals surface area contributed by atoms with Crippen LogP contribution in [0.2, 0.25) is 0 Å². The molecule has 2 N–H and O–H groups in total. The van der Waals surface area contributed by atoms with Gasteiger partial charge in [-0.25, -0.2) is 0 Å². The third-order valence-electron chi connectivity index (χ3n) is 4.25. The van der Waals surface area contributed by atoms with Crippen molar-refractivity contribution >= 4 is 23.1 Å². The molecule has 1 aromatic rings. The highest BCUT2D eigenvalue weighted by Gasteiger charge is 2.24. The van der Waals surface area contributed by atoms with Crippen molar-refractivity contribution in [2.45, 2.75) is 50.3 Å². The minimum Gasteiger partial charge on any atom is -0.370 e. The van der Waals surface area contributed by atoms with Gasteiger partial charge in [-0.2, -0.15) is 0 Å². The lowest BCUT2D eigenvalue weighted by atomic mass is 10.0. The van der Waals surface area contributed by atoms with E-state index < -0.39 is 0 Å². The maximum absolute atomic E-state index is 12.3. The number of hydrogen-bond donors (Lipinski definition) is 2. The quantitative estimate of drug-likeness (QED) is 0.784. The third kappa shape index (κ3) is 4.71.